The van der Waals surface area contributed by atoms with Crippen molar-refractivity contribution in [3.8, 4) is 11.5 Å². The highest BCUT2D eigenvalue weighted by molar-refractivity contribution is 7.11. The number of aryl methyl sites for hydroxylation is 1. The maximum Gasteiger partial charge on any atom is 0.231 e. The van der Waals surface area contributed by atoms with Crippen molar-refractivity contribution in [2.75, 3.05) is 6.79 Å². The molecule has 1 N–H and O–H groups in total. The van der Waals surface area contributed by atoms with Crippen molar-refractivity contribution >= 4 is 11.3 Å². The molecule has 0 bridgehead atoms. The van der Waals surface area contributed by atoms with Crippen LogP contribution in [0.3, 0.4) is 0 Å². The Hall–Kier alpha value is -1.59. The van der Waals surface area contributed by atoms with Crippen LogP contribution in [0.2, 0.25) is 0 Å². The van der Waals surface area contributed by atoms with E-state index in [2.05, 4.69) is 37.1 Å². The fourth-order valence-electron chi connectivity index (χ4n) is 2.30. The lowest BCUT2D eigenvalue weighted by molar-refractivity contribution is 0.174. The van der Waals surface area contributed by atoms with Crippen LogP contribution in [0, 0.1) is 6.92 Å². The van der Waals surface area contributed by atoms with Gasteiger partial charge in [0.05, 0.1) is 6.04 Å². The van der Waals surface area contributed by atoms with Gasteiger partial charge in [-0.15, -0.1) is 11.3 Å². The van der Waals surface area contributed by atoms with Crippen molar-refractivity contribution in [3.63, 3.8) is 0 Å². The molecule has 2 unspecified atom stereocenters. The number of hydrogen-bond acceptors (Lipinski definition) is 5. The smallest absolute Gasteiger partial charge is 0.231 e. The highest BCUT2D eigenvalue weighted by Crippen LogP contribution is 2.34. The SMILES string of the molecule is Cc1cnc(C(C)NC(C)c2ccc3c(c2)OCO3)s1. The molecule has 1 aromatic heterocycles. The van der Waals surface area contributed by atoms with Crippen LogP contribution in [-0.2, 0) is 0 Å². The van der Waals surface area contributed by atoms with Crippen LogP contribution in [0.4, 0.5) is 0 Å². The van der Waals surface area contributed by atoms with E-state index in [-0.39, 0.29) is 12.1 Å². The lowest BCUT2D eigenvalue weighted by Crippen LogP contribution is -2.22. The zero-order valence-electron chi connectivity index (χ0n) is 11.8. The summed E-state index contributed by atoms with van der Waals surface area (Å²) in [5.74, 6) is 1.65. The standard InChI is InChI=1S/C15H18N2O2S/c1-9-7-16-15(20-9)11(3)17-10(2)12-4-5-13-14(6-12)19-8-18-13/h4-7,10-11,17H,8H2,1-3H3. The van der Waals surface area contributed by atoms with E-state index in [1.165, 1.54) is 10.4 Å². The number of rotatable bonds is 4. The van der Waals surface area contributed by atoms with Crippen LogP contribution in [0.15, 0.2) is 24.4 Å². The van der Waals surface area contributed by atoms with Gasteiger partial charge in [-0.2, -0.15) is 0 Å². The summed E-state index contributed by atoms with van der Waals surface area (Å²) in [6, 6.07) is 6.54. The number of aromatic nitrogens is 1. The molecule has 0 saturated heterocycles. The predicted octanol–water partition coefficient (Wildman–Crippen LogP) is 3.59. The largest absolute Gasteiger partial charge is 0.454 e. The number of ether oxygens (including phenoxy) is 2. The molecule has 0 fully saturated rings. The summed E-state index contributed by atoms with van der Waals surface area (Å²) >= 11 is 1.73. The fourth-order valence-corrected chi connectivity index (χ4v) is 3.08. The summed E-state index contributed by atoms with van der Waals surface area (Å²) in [6.07, 6.45) is 1.92. The number of benzene rings is 1. The molecular formula is C15H18N2O2S. The van der Waals surface area contributed by atoms with Gasteiger partial charge in [0.1, 0.15) is 5.01 Å². The molecule has 1 aliphatic rings. The lowest BCUT2D eigenvalue weighted by atomic mass is 10.1. The molecule has 106 valence electrons. The molecule has 0 aliphatic carbocycles. The molecule has 3 rings (SSSR count). The highest BCUT2D eigenvalue weighted by atomic mass is 32.1. The Morgan fingerprint density at radius 1 is 1.20 bits per heavy atom. The summed E-state index contributed by atoms with van der Waals surface area (Å²) in [6.45, 7) is 6.68. The minimum absolute atomic E-state index is 0.226. The monoisotopic (exact) mass is 290 g/mol. The molecule has 0 saturated carbocycles. The predicted molar refractivity (Wildman–Crippen MR) is 79.4 cm³/mol. The van der Waals surface area contributed by atoms with E-state index >= 15 is 0 Å². The Morgan fingerprint density at radius 3 is 2.75 bits per heavy atom. The number of fused-ring (bicyclic) bond motifs is 1. The molecule has 1 aromatic carbocycles. The quantitative estimate of drug-likeness (QED) is 0.934. The molecule has 4 nitrogen and oxygen atoms in total. The first kappa shape index (κ1) is 13.4. The molecule has 2 aromatic rings. The molecule has 0 spiro atoms. The van der Waals surface area contributed by atoms with Gasteiger partial charge in [-0.05, 0) is 38.5 Å². The summed E-state index contributed by atoms with van der Waals surface area (Å²) in [4.78, 5) is 5.67. The fraction of sp³-hybridized carbons (Fsp3) is 0.400. The first-order valence-corrected chi connectivity index (χ1v) is 7.53. The normalized spacial score (nSPS) is 16.1. The van der Waals surface area contributed by atoms with Gasteiger partial charge < -0.3 is 14.8 Å². The van der Waals surface area contributed by atoms with Crippen molar-refractivity contribution in [3.05, 3.63) is 39.8 Å². The molecule has 0 amide bonds. The minimum atomic E-state index is 0.226. The van der Waals surface area contributed by atoms with Crippen molar-refractivity contribution in [2.24, 2.45) is 0 Å². The zero-order chi connectivity index (χ0) is 14.1. The molecule has 2 heterocycles. The van der Waals surface area contributed by atoms with E-state index in [9.17, 15) is 0 Å². The summed E-state index contributed by atoms with van der Waals surface area (Å²) < 4.78 is 10.8. The average Bonchev–Trinajstić information content (AvgIpc) is 3.05. The number of nitrogens with zero attached hydrogens (tertiary/aromatic N) is 1. The number of hydrogen-bond donors (Lipinski definition) is 1. The summed E-state index contributed by atoms with van der Waals surface area (Å²) in [5, 5.41) is 4.69. The Bertz CT molecular complexity index is 612. The molecule has 5 heteroatoms. The maximum absolute atomic E-state index is 5.42. The van der Waals surface area contributed by atoms with Gasteiger partial charge in [-0.3, -0.25) is 0 Å². The third kappa shape index (κ3) is 2.64. The lowest BCUT2D eigenvalue weighted by Gasteiger charge is -2.19. The molecule has 20 heavy (non-hydrogen) atoms. The Morgan fingerprint density at radius 2 is 2.00 bits per heavy atom. The van der Waals surface area contributed by atoms with E-state index in [1.54, 1.807) is 11.3 Å². The second kappa shape index (κ2) is 5.42. The molecular weight excluding hydrogens is 272 g/mol. The first-order chi connectivity index (χ1) is 9.63. The van der Waals surface area contributed by atoms with Gasteiger partial charge in [-0.25, -0.2) is 4.98 Å². The van der Waals surface area contributed by atoms with Gasteiger partial charge in [0.25, 0.3) is 0 Å². The number of thiazole rings is 1. The highest BCUT2D eigenvalue weighted by Gasteiger charge is 2.18. The van der Waals surface area contributed by atoms with Crippen LogP contribution >= 0.6 is 11.3 Å². The van der Waals surface area contributed by atoms with Crippen molar-refractivity contribution in [1.29, 1.82) is 0 Å². The Labute approximate surface area is 122 Å². The van der Waals surface area contributed by atoms with Gasteiger partial charge >= 0.3 is 0 Å². The molecule has 2 atom stereocenters. The Balaban J connectivity index is 1.71. The van der Waals surface area contributed by atoms with Crippen LogP contribution in [-0.4, -0.2) is 11.8 Å². The topological polar surface area (TPSA) is 43.4 Å². The number of nitrogens with one attached hydrogen (secondary N) is 1. The molecule has 1 aliphatic heterocycles. The van der Waals surface area contributed by atoms with E-state index in [1.807, 2.05) is 18.3 Å². The van der Waals surface area contributed by atoms with Crippen molar-refractivity contribution in [1.82, 2.24) is 10.3 Å². The second-order valence-corrected chi connectivity index (χ2v) is 6.30. The van der Waals surface area contributed by atoms with Gasteiger partial charge in [-0.1, -0.05) is 6.07 Å². The van der Waals surface area contributed by atoms with Gasteiger partial charge in [0.15, 0.2) is 11.5 Å². The van der Waals surface area contributed by atoms with Crippen molar-refractivity contribution in [2.45, 2.75) is 32.9 Å². The van der Waals surface area contributed by atoms with E-state index in [0.717, 1.165) is 16.5 Å². The van der Waals surface area contributed by atoms with Gasteiger partial charge in [0, 0.05) is 17.1 Å². The van der Waals surface area contributed by atoms with Crippen LogP contribution in [0.5, 0.6) is 11.5 Å². The summed E-state index contributed by atoms with van der Waals surface area (Å²) in [5.41, 5.74) is 1.19. The Kier molecular flexibility index (Phi) is 3.63. The van der Waals surface area contributed by atoms with Crippen LogP contribution < -0.4 is 14.8 Å². The van der Waals surface area contributed by atoms with E-state index in [4.69, 9.17) is 9.47 Å². The van der Waals surface area contributed by atoms with Crippen LogP contribution in [0.1, 0.15) is 41.4 Å². The minimum Gasteiger partial charge on any atom is -0.454 e. The first-order valence-electron chi connectivity index (χ1n) is 6.71. The van der Waals surface area contributed by atoms with E-state index in [0.29, 0.717) is 6.79 Å². The van der Waals surface area contributed by atoms with Crippen LogP contribution in [0.25, 0.3) is 0 Å². The third-order valence-corrected chi connectivity index (χ3v) is 4.50. The average molecular weight is 290 g/mol. The van der Waals surface area contributed by atoms with Crippen molar-refractivity contribution < 1.29 is 9.47 Å². The van der Waals surface area contributed by atoms with Gasteiger partial charge in [0.2, 0.25) is 6.79 Å². The zero-order valence-corrected chi connectivity index (χ0v) is 12.7. The summed E-state index contributed by atoms with van der Waals surface area (Å²) in [7, 11) is 0. The van der Waals surface area contributed by atoms with E-state index < -0.39 is 0 Å². The maximum atomic E-state index is 5.42. The second-order valence-electron chi connectivity index (χ2n) is 5.03. The molecule has 0 radical (unpaired) electrons. The third-order valence-electron chi connectivity index (χ3n) is 3.41.